The second-order valence-electron chi connectivity index (χ2n) is 6.28. The van der Waals surface area contributed by atoms with Crippen molar-refractivity contribution >= 4 is 41.5 Å². The van der Waals surface area contributed by atoms with Crippen molar-refractivity contribution in [2.75, 3.05) is 18.4 Å². The number of nitrogens with one attached hydrogen (secondary N) is 2. The van der Waals surface area contributed by atoms with Gasteiger partial charge < -0.3 is 16.4 Å². The Bertz CT molecular complexity index is 825. The third kappa shape index (κ3) is 5.66. The number of guanidine groups is 1. The summed E-state index contributed by atoms with van der Waals surface area (Å²) in [5.41, 5.74) is 9.66. The fraction of sp³-hybridized carbons (Fsp3) is 0.300. The summed E-state index contributed by atoms with van der Waals surface area (Å²) in [6.07, 6.45) is 4.56. The van der Waals surface area contributed by atoms with E-state index in [-0.39, 0.29) is 36.1 Å². The largest absolute Gasteiger partial charge is 0.370 e. The Kier molecular flexibility index (Phi) is 8.02. The van der Waals surface area contributed by atoms with Crippen LogP contribution in [-0.2, 0) is 12.8 Å². The molecule has 0 aliphatic heterocycles. The van der Waals surface area contributed by atoms with Gasteiger partial charge in [0.25, 0.3) is 5.91 Å². The second kappa shape index (κ2) is 10.2. The summed E-state index contributed by atoms with van der Waals surface area (Å²) in [5, 5.41) is 5.79. The number of hydrogen-bond acceptors (Lipinski definition) is 2. The quantitative estimate of drug-likeness (QED) is 0.264. The minimum atomic E-state index is -0.538. The smallest absolute Gasteiger partial charge is 0.254 e. The third-order valence-corrected chi connectivity index (χ3v) is 4.46. The first-order valence-electron chi connectivity index (χ1n) is 8.85. The maximum atomic E-state index is 13.5. The van der Waals surface area contributed by atoms with E-state index in [1.54, 1.807) is 12.1 Å². The van der Waals surface area contributed by atoms with Crippen LogP contribution in [-0.4, -0.2) is 25.0 Å². The lowest BCUT2D eigenvalue weighted by atomic mass is 9.90. The molecule has 0 aromatic heterocycles. The van der Waals surface area contributed by atoms with Crippen LogP contribution in [0.15, 0.2) is 47.5 Å². The fourth-order valence-electron chi connectivity index (χ4n) is 3.16. The maximum absolute atomic E-state index is 13.5. The molecule has 2 aromatic rings. The van der Waals surface area contributed by atoms with Crippen LogP contribution in [0, 0.1) is 5.82 Å². The number of anilines is 1. The summed E-state index contributed by atoms with van der Waals surface area (Å²) >= 11 is 0. The SMILES string of the molecule is I.NC(=NCCNC(=O)c1ccccc1F)Nc1cccc2c1CCCC2. The summed E-state index contributed by atoms with van der Waals surface area (Å²) in [5.74, 6) is -0.686. The summed E-state index contributed by atoms with van der Waals surface area (Å²) < 4.78 is 13.5. The zero-order chi connectivity index (χ0) is 18.4. The number of carbonyl (C=O) groups excluding carboxylic acids is 1. The number of nitrogens with two attached hydrogens (primary N) is 1. The zero-order valence-electron chi connectivity index (χ0n) is 15.0. The van der Waals surface area contributed by atoms with Crippen molar-refractivity contribution in [2.45, 2.75) is 25.7 Å². The van der Waals surface area contributed by atoms with Crippen molar-refractivity contribution in [2.24, 2.45) is 10.7 Å². The van der Waals surface area contributed by atoms with Gasteiger partial charge in [0.1, 0.15) is 5.82 Å². The van der Waals surface area contributed by atoms with Gasteiger partial charge in [-0.2, -0.15) is 0 Å². The first-order valence-corrected chi connectivity index (χ1v) is 8.85. The number of rotatable bonds is 5. The summed E-state index contributed by atoms with van der Waals surface area (Å²) in [4.78, 5) is 16.1. The molecule has 144 valence electrons. The van der Waals surface area contributed by atoms with Gasteiger partial charge in [0.2, 0.25) is 0 Å². The molecule has 27 heavy (non-hydrogen) atoms. The van der Waals surface area contributed by atoms with E-state index in [1.807, 2.05) is 12.1 Å². The monoisotopic (exact) mass is 482 g/mol. The highest BCUT2D eigenvalue weighted by molar-refractivity contribution is 14.0. The van der Waals surface area contributed by atoms with Gasteiger partial charge in [-0.1, -0.05) is 24.3 Å². The Morgan fingerprint density at radius 1 is 1.11 bits per heavy atom. The van der Waals surface area contributed by atoms with E-state index in [0.717, 1.165) is 18.5 Å². The van der Waals surface area contributed by atoms with E-state index < -0.39 is 11.7 Å². The first kappa shape index (κ1) is 21.1. The molecule has 4 N–H and O–H groups in total. The van der Waals surface area contributed by atoms with Crippen LogP contribution < -0.4 is 16.4 Å². The van der Waals surface area contributed by atoms with Crippen molar-refractivity contribution in [3.05, 3.63) is 65.0 Å². The Labute approximate surface area is 175 Å². The lowest BCUT2D eigenvalue weighted by molar-refractivity contribution is 0.0951. The molecule has 1 amide bonds. The van der Waals surface area contributed by atoms with Crippen LogP contribution in [0.25, 0.3) is 0 Å². The third-order valence-electron chi connectivity index (χ3n) is 4.46. The number of amides is 1. The van der Waals surface area contributed by atoms with E-state index in [0.29, 0.717) is 12.5 Å². The van der Waals surface area contributed by atoms with E-state index >= 15 is 0 Å². The molecule has 0 unspecified atom stereocenters. The van der Waals surface area contributed by atoms with Gasteiger partial charge >= 0.3 is 0 Å². The molecule has 0 saturated heterocycles. The molecule has 1 aliphatic rings. The van der Waals surface area contributed by atoms with E-state index in [9.17, 15) is 9.18 Å². The van der Waals surface area contributed by atoms with Gasteiger partial charge in [-0.05, 0) is 55.0 Å². The fourth-order valence-corrected chi connectivity index (χ4v) is 3.16. The Hall–Kier alpha value is -2.16. The number of benzene rings is 2. The minimum absolute atomic E-state index is 0. The summed E-state index contributed by atoms with van der Waals surface area (Å²) in [7, 11) is 0. The molecule has 0 fully saturated rings. The molecule has 0 heterocycles. The molecule has 0 radical (unpaired) electrons. The van der Waals surface area contributed by atoms with Crippen molar-refractivity contribution in [3.8, 4) is 0 Å². The van der Waals surface area contributed by atoms with Gasteiger partial charge in [0.05, 0.1) is 12.1 Å². The number of nitrogens with zero attached hydrogens (tertiary/aromatic N) is 1. The minimum Gasteiger partial charge on any atom is -0.370 e. The van der Waals surface area contributed by atoms with Crippen LogP contribution >= 0.6 is 24.0 Å². The van der Waals surface area contributed by atoms with Gasteiger partial charge in [-0.15, -0.1) is 24.0 Å². The molecular weight excluding hydrogens is 458 g/mol. The predicted octanol–water partition coefficient (Wildman–Crippen LogP) is 3.48. The van der Waals surface area contributed by atoms with Crippen LogP contribution in [0.5, 0.6) is 0 Å². The molecule has 0 saturated carbocycles. The van der Waals surface area contributed by atoms with Crippen molar-refractivity contribution < 1.29 is 9.18 Å². The number of carbonyl (C=O) groups is 1. The first-order chi connectivity index (χ1) is 12.6. The molecule has 0 spiro atoms. The maximum Gasteiger partial charge on any atom is 0.254 e. The average Bonchev–Trinajstić information content (AvgIpc) is 2.66. The summed E-state index contributed by atoms with van der Waals surface area (Å²) in [6, 6.07) is 12.1. The highest BCUT2D eigenvalue weighted by Gasteiger charge is 2.13. The number of hydrogen-bond donors (Lipinski definition) is 3. The van der Waals surface area contributed by atoms with Crippen LogP contribution in [0.3, 0.4) is 0 Å². The van der Waals surface area contributed by atoms with Gasteiger partial charge in [0.15, 0.2) is 5.96 Å². The zero-order valence-corrected chi connectivity index (χ0v) is 17.3. The molecule has 5 nitrogen and oxygen atoms in total. The summed E-state index contributed by atoms with van der Waals surface area (Å²) in [6.45, 7) is 0.594. The highest BCUT2D eigenvalue weighted by Crippen LogP contribution is 2.27. The van der Waals surface area contributed by atoms with E-state index in [1.165, 1.54) is 36.1 Å². The Balaban J connectivity index is 0.00000261. The van der Waals surface area contributed by atoms with Crippen molar-refractivity contribution in [1.29, 1.82) is 0 Å². The second-order valence-corrected chi connectivity index (χ2v) is 6.28. The molecule has 7 heteroatoms. The molecular formula is C20H24FIN4O. The molecule has 2 aromatic carbocycles. The van der Waals surface area contributed by atoms with Crippen molar-refractivity contribution in [3.63, 3.8) is 0 Å². The Morgan fingerprint density at radius 3 is 2.70 bits per heavy atom. The molecule has 3 rings (SSSR count). The highest BCUT2D eigenvalue weighted by atomic mass is 127. The van der Waals surface area contributed by atoms with Crippen LogP contribution in [0.1, 0.15) is 34.3 Å². The Morgan fingerprint density at radius 2 is 1.89 bits per heavy atom. The van der Waals surface area contributed by atoms with Crippen LogP contribution in [0.4, 0.5) is 10.1 Å². The number of fused-ring (bicyclic) bond motifs is 1. The average molecular weight is 482 g/mol. The molecule has 1 aliphatic carbocycles. The lowest BCUT2D eigenvalue weighted by Crippen LogP contribution is -2.29. The topological polar surface area (TPSA) is 79.5 Å². The lowest BCUT2D eigenvalue weighted by Gasteiger charge is -2.19. The normalized spacial score (nSPS) is 13.3. The number of aryl methyl sites for hydroxylation is 1. The number of aliphatic imine (C=N–C) groups is 1. The predicted molar refractivity (Wildman–Crippen MR) is 117 cm³/mol. The van der Waals surface area contributed by atoms with Crippen LogP contribution in [0.2, 0.25) is 0 Å². The van der Waals surface area contributed by atoms with E-state index in [2.05, 4.69) is 21.7 Å². The van der Waals surface area contributed by atoms with Gasteiger partial charge in [-0.3, -0.25) is 9.79 Å². The van der Waals surface area contributed by atoms with Crippen molar-refractivity contribution in [1.82, 2.24) is 5.32 Å². The number of halogens is 2. The molecule has 0 atom stereocenters. The van der Waals surface area contributed by atoms with E-state index in [4.69, 9.17) is 5.73 Å². The molecule has 0 bridgehead atoms. The van der Waals surface area contributed by atoms with Gasteiger partial charge in [0, 0.05) is 12.2 Å². The standard InChI is InChI=1S/C20H23FN4O.HI/c21-17-10-4-3-9-16(17)19(26)23-12-13-24-20(22)25-18-11-5-7-14-6-1-2-8-15(14)18;/h3-5,7,9-11H,1-2,6,8,12-13H2,(H,23,26)(H3,22,24,25);1H. The van der Waals surface area contributed by atoms with Gasteiger partial charge in [-0.25, -0.2) is 4.39 Å².